The van der Waals surface area contributed by atoms with Gasteiger partial charge in [0, 0.05) is 6.04 Å². The van der Waals surface area contributed by atoms with Gasteiger partial charge in [0.05, 0.1) is 0 Å². The molecular formula is C13H20ClN. The van der Waals surface area contributed by atoms with Crippen LogP contribution in [0.1, 0.15) is 43.4 Å². The van der Waals surface area contributed by atoms with Crippen LogP contribution in [0, 0.1) is 5.92 Å². The zero-order chi connectivity index (χ0) is 9.97. The van der Waals surface area contributed by atoms with Crippen molar-refractivity contribution in [2.75, 3.05) is 0 Å². The first-order valence-corrected chi connectivity index (χ1v) is 5.64. The fourth-order valence-electron chi connectivity index (χ4n) is 1.85. The van der Waals surface area contributed by atoms with Crippen LogP contribution in [-0.2, 0) is 6.42 Å². The summed E-state index contributed by atoms with van der Waals surface area (Å²) in [5, 5.41) is 0. The quantitative estimate of drug-likeness (QED) is 0.835. The van der Waals surface area contributed by atoms with Gasteiger partial charge in [0.1, 0.15) is 0 Å². The smallest absolute Gasteiger partial charge is 0.0297 e. The van der Waals surface area contributed by atoms with Crippen LogP contribution in [0.2, 0.25) is 0 Å². The third kappa shape index (κ3) is 3.51. The summed E-state index contributed by atoms with van der Waals surface area (Å²) < 4.78 is 0. The SMILES string of the molecule is CCc1ccc([C@@H](N)CC2CC2)cc1.Cl. The van der Waals surface area contributed by atoms with Crippen LogP contribution >= 0.6 is 12.4 Å². The normalized spacial score (nSPS) is 16.9. The molecule has 1 atom stereocenters. The van der Waals surface area contributed by atoms with Gasteiger partial charge in [0.15, 0.2) is 0 Å². The van der Waals surface area contributed by atoms with Gasteiger partial charge in [-0.25, -0.2) is 0 Å². The zero-order valence-corrected chi connectivity index (χ0v) is 10.1. The van der Waals surface area contributed by atoms with E-state index in [-0.39, 0.29) is 18.4 Å². The summed E-state index contributed by atoms with van der Waals surface area (Å²) in [6.45, 7) is 2.18. The van der Waals surface area contributed by atoms with E-state index in [0.717, 1.165) is 12.3 Å². The second-order valence-corrected chi connectivity index (χ2v) is 4.38. The lowest BCUT2D eigenvalue weighted by atomic mass is 10.0. The van der Waals surface area contributed by atoms with E-state index < -0.39 is 0 Å². The van der Waals surface area contributed by atoms with Crippen molar-refractivity contribution in [3.8, 4) is 0 Å². The summed E-state index contributed by atoms with van der Waals surface area (Å²) in [6.07, 6.45) is 5.06. The molecular weight excluding hydrogens is 206 g/mol. The minimum absolute atomic E-state index is 0. The predicted octanol–water partition coefficient (Wildman–Crippen LogP) is 3.47. The number of hydrogen-bond acceptors (Lipinski definition) is 1. The number of nitrogens with two attached hydrogens (primary N) is 1. The summed E-state index contributed by atoms with van der Waals surface area (Å²) in [6, 6.07) is 9.02. The highest BCUT2D eigenvalue weighted by Crippen LogP contribution is 2.36. The van der Waals surface area contributed by atoms with Crippen LogP contribution in [0.25, 0.3) is 0 Å². The maximum Gasteiger partial charge on any atom is 0.0297 e. The number of aryl methyl sites for hydroxylation is 1. The Balaban J connectivity index is 0.00000112. The van der Waals surface area contributed by atoms with E-state index in [0.29, 0.717) is 0 Å². The maximum absolute atomic E-state index is 6.13. The number of rotatable bonds is 4. The minimum Gasteiger partial charge on any atom is -0.324 e. The highest BCUT2D eigenvalue weighted by Gasteiger charge is 2.24. The summed E-state index contributed by atoms with van der Waals surface area (Å²) in [5.74, 6) is 0.913. The molecule has 0 heterocycles. The van der Waals surface area contributed by atoms with Crippen molar-refractivity contribution in [1.29, 1.82) is 0 Å². The molecule has 1 saturated carbocycles. The summed E-state index contributed by atoms with van der Waals surface area (Å²) in [7, 11) is 0. The molecule has 0 radical (unpaired) electrons. The van der Waals surface area contributed by atoms with E-state index in [4.69, 9.17) is 5.73 Å². The lowest BCUT2D eigenvalue weighted by molar-refractivity contribution is 0.597. The fourth-order valence-corrected chi connectivity index (χ4v) is 1.85. The Kier molecular flexibility index (Phi) is 4.62. The molecule has 84 valence electrons. The van der Waals surface area contributed by atoms with Crippen molar-refractivity contribution < 1.29 is 0 Å². The summed E-state index contributed by atoms with van der Waals surface area (Å²) >= 11 is 0. The second kappa shape index (κ2) is 5.53. The van der Waals surface area contributed by atoms with E-state index in [9.17, 15) is 0 Å². The van der Waals surface area contributed by atoms with Gasteiger partial charge >= 0.3 is 0 Å². The number of hydrogen-bond donors (Lipinski definition) is 1. The third-order valence-electron chi connectivity index (χ3n) is 3.10. The van der Waals surface area contributed by atoms with Crippen molar-refractivity contribution in [3.63, 3.8) is 0 Å². The fraction of sp³-hybridized carbons (Fsp3) is 0.538. The molecule has 1 aromatic rings. The van der Waals surface area contributed by atoms with Crippen LogP contribution in [-0.4, -0.2) is 0 Å². The Morgan fingerprint density at radius 3 is 2.33 bits per heavy atom. The van der Waals surface area contributed by atoms with Gasteiger partial charge in [0.25, 0.3) is 0 Å². The molecule has 1 aromatic carbocycles. The molecule has 0 aliphatic heterocycles. The van der Waals surface area contributed by atoms with Crippen molar-refractivity contribution in [3.05, 3.63) is 35.4 Å². The van der Waals surface area contributed by atoms with Crippen LogP contribution < -0.4 is 5.73 Å². The average Bonchev–Trinajstić information content (AvgIpc) is 3.02. The van der Waals surface area contributed by atoms with E-state index >= 15 is 0 Å². The van der Waals surface area contributed by atoms with Crippen LogP contribution in [0.3, 0.4) is 0 Å². The molecule has 15 heavy (non-hydrogen) atoms. The summed E-state index contributed by atoms with van der Waals surface area (Å²) in [4.78, 5) is 0. The molecule has 0 unspecified atom stereocenters. The Bertz CT molecular complexity index is 290. The lowest BCUT2D eigenvalue weighted by Gasteiger charge is -2.11. The lowest BCUT2D eigenvalue weighted by Crippen LogP contribution is -2.10. The van der Waals surface area contributed by atoms with Crippen molar-refractivity contribution in [1.82, 2.24) is 0 Å². The highest BCUT2D eigenvalue weighted by molar-refractivity contribution is 5.85. The molecule has 1 aliphatic rings. The maximum atomic E-state index is 6.13. The van der Waals surface area contributed by atoms with Gasteiger partial charge in [-0.3, -0.25) is 0 Å². The van der Waals surface area contributed by atoms with Gasteiger partial charge in [-0.05, 0) is 29.9 Å². The number of benzene rings is 1. The highest BCUT2D eigenvalue weighted by atomic mass is 35.5. The first kappa shape index (κ1) is 12.5. The van der Waals surface area contributed by atoms with Gasteiger partial charge in [-0.1, -0.05) is 44.0 Å². The zero-order valence-electron chi connectivity index (χ0n) is 9.28. The molecule has 0 spiro atoms. The average molecular weight is 226 g/mol. The van der Waals surface area contributed by atoms with Gasteiger partial charge < -0.3 is 5.73 Å². The topological polar surface area (TPSA) is 26.0 Å². The molecule has 2 N–H and O–H groups in total. The molecule has 0 aromatic heterocycles. The van der Waals surface area contributed by atoms with Crippen LogP contribution in [0.15, 0.2) is 24.3 Å². The molecule has 0 amide bonds. The van der Waals surface area contributed by atoms with E-state index in [1.807, 2.05) is 0 Å². The molecule has 1 fully saturated rings. The van der Waals surface area contributed by atoms with Crippen molar-refractivity contribution >= 4 is 12.4 Å². The Morgan fingerprint density at radius 2 is 1.87 bits per heavy atom. The Hall–Kier alpha value is -0.530. The van der Waals surface area contributed by atoms with Crippen LogP contribution in [0.4, 0.5) is 0 Å². The van der Waals surface area contributed by atoms with Crippen molar-refractivity contribution in [2.24, 2.45) is 11.7 Å². The number of halogens is 1. The van der Waals surface area contributed by atoms with Gasteiger partial charge in [0.2, 0.25) is 0 Å². The van der Waals surface area contributed by atoms with E-state index in [1.54, 1.807) is 0 Å². The van der Waals surface area contributed by atoms with Crippen molar-refractivity contribution in [2.45, 2.75) is 38.6 Å². The molecule has 0 saturated heterocycles. The monoisotopic (exact) mass is 225 g/mol. The van der Waals surface area contributed by atoms with E-state index in [1.165, 1.54) is 30.4 Å². The molecule has 1 aliphatic carbocycles. The standard InChI is InChI=1S/C13H19N.ClH/c1-2-10-5-7-12(8-6-10)13(14)9-11-3-4-11;/h5-8,11,13H,2-4,9,14H2,1H3;1H/t13-;/m0./s1. The first-order chi connectivity index (χ1) is 6.79. The Labute approximate surface area is 98.5 Å². The third-order valence-corrected chi connectivity index (χ3v) is 3.10. The molecule has 0 bridgehead atoms. The Morgan fingerprint density at radius 1 is 1.27 bits per heavy atom. The van der Waals surface area contributed by atoms with Gasteiger partial charge in [-0.15, -0.1) is 12.4 Å². The van der Waals surface area contributed by atoms with Crippen LogP contribution in [0.5, 0.6) is 0 Å². The largest absolute Gasteiger partial charge is 0.324 e. The van der Waals surface area contributed by atoms with Gasteiger partial charge in [-0.2, -0.15) is 0 Å². The molecule has 2 rings (SSSR count). The molecule has 2 heteroatoms. The second-order valence-electron chi connectivity index (χ2n) is 4.38. The molecule has 1 nitrogen and oxygen atoms in total. The van der Waals surface area contributed by atoms with E-state index in [2.05, 4.69) is 31.2 Å². The summed E-state index contributed by atoms with van der Waals surface area (Å²) in [5.41, 5.74) is 8.82. The predicted molar refractivity (Wildman–Crippen MR) is 67.3 cm³/mol. The minimum atomic E-state index is 0. The first-order valence-electron chi connectivity index (χ1n) is 5.64.